The second-order valence-corrected chi connectivity index (χ2v) is 6.94. The van der Waals surface area contributed by atoms with Gasteiger partial charge in [-0.2, -0.15) is 0 Å². The first kappa shape index (κ1) is 18.2. The molecule has 28 heavy (non-hydrogen) atoms. The maximum Gasteiger partial charge on any atom is 0.308 e. The molecule has 1 fully saturated rings. The molecule has 0 aromatic carbocycles. The Morgan fingerprint density at radius 1 is 1.29 bits per heavy atom. The van der Waals surface area contributed by atoms with Crippen molar-refractivity contribution in [3.05, 3.63) is 36.8 Å². The Labute approximate surface area is 162 Å². The average Bonchev–Trinajstić information content (AvgIpc) is 3.14. The molecular weight excluding hydrogens is 358 g/mol. The fourth-order valence-electron chi connectivity index (χ4n) is 3.67. The smallest absolute Gasteiger partial charge is 0.308 e. The van der Waals surface area contributed by atoms with Gasteiger partial charge in [0, 0.05) is 18.4 Å². The van der Waals surface area contributed by atoms with Crippen LogP contribution in [0.3, 0.4) is 0 Å². The van der Waals surface area contributed by atoms with Crippen molar-refractivity contribution in [2.24, 2.45) is 5.92 Å². The molecule has 3 aromatic heterocycles. The third-order valence-electron chi connectivity index (χ3n) is 5.11. The standard InChI is InChI=1S/C20H23N5O3/c1-2-28-19(27)13-5-7-14(8-6-13)23-20-21-10-9-15(24-20)16-12-22-18-17(26)4-3-11-25(16)18/h3-4,9-14,26H,2,5-8H2,1H3,(H,21,23,24). The van der Waals surface area contributed by atoms with Crippen molar-refractivity contribution in [2.45, 2.75) is 38.6 Å². The van der Waals surface area contributed by atoms with Crippen LogP contribution in [-0.4, -0.2) is 43.1 Å². The molecular formula is C20H23N5O3. The summed E-state index contributed by atoms with van der Waals surface area (Å²) in [6.07, 6.45) is 8.60. The summed E-state index contributed by atoms with van der Waals surface area (Å²) in [5.74, 6) is 0.581. The second-order valence-electron chi connectivity index (χ2n) is 6.94. The lowest BCUT2D eigenvalue weighted by Gasteiger charge is -2.27. The highest BCUT2D eigenvalue weighted by Crippen LogP contribution is 2.28. The van der Waals surface area contributed by atoms with Crippen LogP contribution in [0.5, 0.6) is 5.75 Å². The van der Waals surface area contributed by atoms with Crippen molar-refractivity contribution in [1.82, 2.24) is 19.4 Å². The van der Waals surface area contributed by atoms with Crippen LogP contribution in [0.4, 0.5) is 5.95 Å². The molecule has 2 N–H and O–H groups in total. The molecule has 8 heteroatoms. The molecule has 0 saturated heterocycles. The van der Waals surface area contributed by atoms with Crippen molar-refractivity contribution in [3.63, 3.8) is 0 Å². The van der Waals surface area contributed by atoms with Crippen molar-refractivity contribution in [1.29, 1.82) is 0 Å². The molecule has 4 rings (SSSR count). The maximum absolute atomic E-state index is 11.9. The van der Waals surface area contributed by atoms with Gasteiger partial charge in [-0.25, -0.2) is 15.0 Å². The van der Waals surface area contributed by atoms with E-state index in [-0.39, 0.29) is 23.7 Å². The number of rotatable bonds is 5. The highest BCUT2D eigenvalue weighted by molar-refractivity contribution is 5.72. The van der Waals surface area contributed by atoms with Gasteiger partial charge in [0.15, 0.2) is 11.4 Å². The number of imidazole rings is 1. The van der Waals surface area contributed by atoms with Crippen LogP contribution in [0.2, 0.25) is 0 Å². The highest BCUT2D eigenvalue weighted by Gasteiger charge is 2.27. The predicted molar refractivity (Wildman–Crippen MR) is 104 cm³/mol. The van der Waals surface area contributed by atoms with E-state index in [9.17, 15) is 9.90 Å². The first-order valence-electron chi connectivity index (χ1n) is 9.57. The minimum Gasteiger partial charge on any atom is -0.504 e. The van der Waals surface area contributed by atoms with E-state index in [4.69, 9.17) is 4.74 Å². The monoisotopic (exact) mass is 381 g/mol. The number of esters is 1. The van der Waals surface area contributed by atoms with Crippen molar-refractivity contribution >= 4 is 17.6 Å². The van der Waals surface area contributed by atoms with Crippen LogP contribution in [0, 0.1) is 5.92 Å². The normalized spacial score (nSPS) is 19.5. The van der Waals surface area contributed by atoms with Gasteiger partial charge in [0.2, 0.25) is 5.95 Å². The first-order chi connectivity index (χ1) is 13.7. The number of nitrogens with zero attached hydrogens (tertiary/aromatic N) is 4. The lowest BCUT2D eigenvalue weighted by molar-refractivity contribution is -0.149. The number of pyridine rings is 1. The molecule has 8 nitrogen and oxygen atoms in total. The van der Waals surface area contributed by atoms with Crippen LogP contribution in [0.25, 0.3) is 17.0 Å². The molecule has 3 aromatic rings. The summed E-state index contributed by atoms with van der Waals surface area (Å²) in [4.78, 5) is 25.1. The molecule has 0 spiro atoms. The fourth-order valence-corrected chi connectivity index (χ4v) is 3.67. The Morgan fingerprint density at radius 3 is 2.89 bits per heavy atom. The Bertz CT molecular complexity index is 979. The zero-order valence-corrected chi connectivity index (χ0v) is 15.7. The van der Waals surface area contributed by atoms with Gasteiger partial charge in [-0.3, -0.25) is 9.20 Å². The van der Waals surface area contributed by atoms with Crippen LogP contribution in [0.15, 0.2) is 36.8 Å². The molecule has 0 unspecified atom stereocenters. The third kappa shape index (κ3) is 3.62. The lowest BCUT2D eigenvalue weighted by Crippen LogP contribution is -2.30. The van der Waals surface area contributed by atoms with E-state index in [0.717, 1.165) is 37.1 Å². The molecule has 3 heterocycles. The molecule has 0 radical (unpaired) electrons. The van der Waals surface area contributed by atoms with Crippen molar-refractivity contribution < 1.29 is 14.6 Å². The minimum atomic E-state index is -0.0879. The van der Waals surface area contributed by atoms with E-state index in [1.165, 1.54) is 0 Å². The number of nitrogens with one attached hydrogen (secondary N) is 1. The number of anilines is 1. The third-order valence-corrected chi connectivity index (χ3v) is 5.11. The highest BCUT2D eigenvalue weighted by atomic mass is 16.5. The molecule has 0 amide bonds. The summed E-state index contributed by atoms with van der Waals surface area (Å²) in [6.45, 7) is 2.26. The van der Waals surface area contributed by atoms with Gasteiger partial charge in [-0.05, 0) is 50.8 Å². The largest absolute Gasteiger partial charge is 0.504 e. The van der Waals surface area contributed by atoms with Gasteiger partial charge in [0.25, 0.3) is 0 Å². The topological polar surface area (TPSA) is 102 Å². The Balaban J connectivity index is 1.46. The number of aromatic nitrogens is 4. The van der Waals surface area contributed by atoms with E-state index in [1.807, 2.05) is 19.2 Å². The zero-order valence-electron chi connectivity index (χ0n) is 15.7. The summed E-state index contributed by atoms with van der Waals surface area (Å²) in [5.41, 5.74) is 1.99. The summed E-state index contributed by atoms with van der Waals surface area (Å²) >= 11 is 0. The number of ether oxygens (including phenoxy) is 1. The average molecular weight is 381 g/mol. The van der Waals surface area contributed by atoms with Gasteiger partial charge in [0.1, 0.15) is 0 Å². The van der Waals surface area contributed by atoms with E-state index in [1.54, 1.807) is 28.9 Å². The second kappa shape index (κ2) is 7.84. The van der Waals surface area contributed by atoms with Crippen molar-refractivity contribution in [2.75, 3.05) is 11.9 Å². The lowest BCUT2D eigenvalue weighted by atomic mass is 9.86. The quantitative estimate of drug-likeness (QED) is 0.655. The van der Waals surface area contributed by atoms with Gasteiger partial charge >= 0.3 is 5.97 Å². The Morgan fingerprint density at radius 2 is 2.11 bits per heavy atom. The molecule has 0 bridgehead atoms. The zero-order chi connectivity index (χ0) is 19.5. The number of fused-ring (bicyclic) bond motifs is 1. The van der Waals surface area contributed by atoms with E-state index >= 15 is 0 Å². The number of hydrogen-bond donors (Lipinski definition) is 2. The fraction of sp³-hybridized carbons (Fsp3) is 0.400. The predicted octanol–water partition coefficient (Wildman–Crippen LogP) is 3.03. The molecule has 0 atom stereocenters. The summed E-state index contributed by atoms with van der Waals surface area (Å²) in [5, 5.41) is 13.3. The summed E-state index contributed by atoms with van der Waals surface area (Å²) in [6, 6.07) is 5.41. The maximum atomic E-state index is 11.9. The SMILES string of the molecule is CCOC(=O)C1CCC(Nc2nccc(-c3cnc4c(O)cccn34)n2)CC1. The number of carbonyl (C=O) groups is 1. The molecule has 1 saturated carbocycles. The number of hydrogen-bond acceptors (Lipinski definition) is 7. The summed E-state index contributed by atoms with van der Waals surface area (Å²) in [7, 11) is 0. The number of carbonyl (C=O) groups excluding carboxylic acids is 1. The molecule has 1 aliphatic rings. The Hall–Kier alpha value is -3.16. The minimum absolute atomic E-state index is 0.00362. The van der Waals surface area contributed by atoms with Gasteiger partial charge in [-0.1, -0.05) is 0 Å². The molecule has 146 valence electrons. The van der Waals surface area contributed by atoms with Gasteiger partial charge in [-0.15, -0.1) is 0 Å². The van der Waals surface area contributed by atoms with E-state index < -0.39 is 0 Å². The van der Waals surface area contributed by atoms with Gasteiger partial charge < -0.3 is 15.2 Å². The van der Waals surface area contributed by atoms with Crippen molar-refractivity contribution in [3.8, 4) is 17.1 Å². The van der Waals surface area contributed by atoms with Crippen LogP contribution < -0.4 is 5.32 Å². The number of aromatic hydroxyl groups is 1. The van der Waals surface area contributed by atoms with Crippen LogP contribution in [-0.2, 0) is 9.53 Å². The van der Waals surface area contributed by atoms with E-state index in [2.05, 4.69) is 20.3 Å². The van der Waals surface area contributed by atoms with Gasteiger partial charge in [0.05, 0.1) is 30.1 Å². The van der Waals surface area contributed by atoms with Crippen LogP contribution in [0.1, 0.15) is 32.6 Å². The van der Waals surface area contributed by atoms with Crippen LogP contribution >= 0.6 is 0 Å². The molecule has 1 aliphatic carbocycles. The van der Waals surface area contributed by atoms with E-state index in [0.29, 0.717) is 18.2 Å². The summed E-state index contributed by atoms with van der Waals surface area (Å²) < 4.78 is 6.92. The first-order valence-corrected chi connectivity index (χ1v) is 9.57. The Kier molecular flexibility index (Phi) is 5.10. The molecule has 0 aliphatic heterocycles.